The van der Waals surface area contributed by atoms with Crippen LogP contribution in [0.1, 0.15) is 6.42 Å². The molecule has 0 heterocycles. The van der Waals surface area contributed by atoms with Crippen LogP contribution in [0.3, 0.4) is 0 Å². The minimum absolute atomic E-state index is 0.364. The van der Waals surface area contributed by atoms with Crippen LogP contribution in [-0.2, 0) is 9.47 Å². The fraction of sp³-hybridized carbons (Fsp3) is 0.556. The van der Waals surface area contributed by atoms with Gasteiger partial charge in [-0.1, -0.05) is 12.2 Å². The second kappa shape index (κ2) is 8.46. The van der Waals surface area contributed by atoms with Gasteiger partial charge < -0.3 is 14.6 Å². The highest BCUT2D eigenvalue weighted by molar-refractivity contribution is 4.65. The van der Waals surface area contributed by atoms with Gasteiger partial charge in [-0.25, -0.2) is 0 Å². The van der Waals surface area contributed by atoms with Gasteiger partial charge in [0.05, 0.1) is 19.8 Å². The molecule has 0 amide bonds. The molecule has 0 aromatic rings. The molecule has 0 aliphatic rings. The fourth-order valence-corrected chi connectivity index (χ4v) is 0.613. The van der Waals surface area contributed by atoms with E-state index in [1.165, 1.54) is 0 Å². The van der Waals surface area contributed by atoms with E-state index in [1.807, 2.05) is 0 Å². The zero-order valence-electron chi connectivity index (χ0n) is 7.24. The summed E-state index contributed by atoms with van der Waals surface area (Å²) in [5, 5.41) is 9.10. The second-order valence-corrected chi connectivity index (χ2v) is 2.23. The van der Waals surface area contributed by atoms with E-state index < -0.39 is 6.29 Å². The molecule has 0 bridgehead atoms. The summed E-state index contributed by atoms with van der Waals surface area (Å²) >= 11 is 0. The normalized spacial score (nSPS) is 12.4. The summed E-state index contributed by atoms with van der Waals surface area (Å²) in [7, 11) is 0. The molecule has 3 heteroatoms. The zero-order chi connectivity index (χ0) is 9.23. The summed E-state index contributed by atoms with van der Waals surface area (Å²) in [5.41, 5.74) is 0. The first kappa shape index (κ1) is 11.4. The summed E-state index contributed by atoms with van der Waals surface area (Å²) < 4.78 is 9.95. The lowest BCUT2D eigenvalue weighted by Crippen LogP contribution is -2.14. The van der Waals surface area contributed by atoms with Gasteiger partial charge in [-0.15, -0.1) is 13.2 Å². The molecule has 0 radical (unpaired) electrons. The zero-order valence-corrected chi connectivity index (χ0v) is 7.24. The molecule has 0 saturated carbocycles. The first-order valence-corrected chi connectivity index (χ1v) is 3.90. The van der Waals surface area contributed by atoms with E-state index in [2.05, 4.69) is 13.2 Å². The summed E-state index contributed by atoms with van der Waals surface area (Å²) in [5.74, 6) is 0. The Morgan fingerprint density at radius 1 is 1.25 bits per heavy atom. The SMILES string of the molecule is C=CCOCCC(O)OCC=C. The van der Waals surface area contributed by atoms with Crippen molar-refractivity contribution < 1.29 is 14.6 Å². The molecule has 3 nitrogen and oxygen atoms in total. The van der Waals surface area contributed by atoms with Crippen molar-refractivity contribution in [3.8, 4) is 0 Å². The lowest BCUT2D eigenvalue weighted by atomic mass is 10.4. The van der Waals surface area contributed by atoms with E-state index in [0.29, 0.717) is 26.2 Å². The Balaban J connectivity index is 3.12. The molecule has 0 aromatic heterocycles. The molecule has 0 aliphatic heterocycles. The summed E-state index contributed by atoms with van der Waals surface area (Å²) in [6, 6.07) is 0. The van der Waals surface area contributed by atoms with E-state index >= 15 is 0 Å². The van der Waals surface area contributed by atoms with Crippen LogP contribution in [-0.4, -0.2) is 31.2 Å². The molecule has 0 saturated heterocycles. The first-order chi connectivity index (χ1) is 5.81. The van der Waals surface area contributed by atoms with Gasteiger partial charge in [0.2, 0.25) is 0 Å². The number of aliphatic hydroxyl groups excluding tert-OH is 1. The monoisotopic (exact) mass is 172 g/mol. The lowest BCUT2D eigenvalue weighted by molar-refractivity contribution is -0.102. The molecular formula is C9H16O3. The van der Waals surface area contributed by atoms with Crippen molar-refractivity contribution in [2.45, 2.75) is 12.7 Å². The molecule has 12 heavy (non-hydrogen) atoms. The van der Waals surface area contributed by atoms with Crippen molar-refractivity contribution in [2.24, 2.45) is 0 Å². The minimum atomic E-state index is -0.757. The predicted octanol–water partition coefficient (Wildman–Crippen LogP) is 1.10. The van der Waals surface area contributed by atoms with Crippen molar-refractivity contribution in [3.63, 3.8) is 0 Å². The van der Waals surface area contributed by atoms with Gasteiger partial charge in [0.15, 0.2) is 6.29 Å². The van der Waals surface area contributed by atoms with Gasteiger partial charge in [-0.05, 0) is 0 Å². The second-order valence-electron chi connectivity index (χ2n) is 2.23. The van der Waals surface area contributed by atoms with E-state index in [4.69, 9.17) is 14.6 Å². The van der Waals surface area contributed by atoms with Crippen LogP contribution in [0.2, 0.25) is 0 Å². The summed E-state index contributed by atoms with van der Waals surface area (Å²) in [6.07, 6.45) is 2.97. The maximum absolute atomic E-state index is 9.10. The van der Waals surface area contributed by atoms with Crippen molar-refractivity contribution in [3.05, 3.63) is 25.3 Å². The van der Waals surface area contributed by atoms with Crippen LogP contribution in [0.4, 0.5) is 0 Å². The van der Waals surface area contributed by atoms with Crippen molar-refractivity contribution in [2.75, 3.05) is 19.8 Å². The average Bonchev–Trinajstić information content (AvgIpc) is 2.09. The number of ether oxygens (including phenoxy) is 2. The highest BCUT2D eigenvalue weighted by Gasteiger charge is 2.01. The van der Waals surface area contributed by atoms with E-state index in [-0.39, 0.29) is 0 Å². The average molecular weight is 172 g/mol. The Bertz CT molecular complexity index is 123. The third kappa shape index (κ3) is 7.47. The van der Waals surface area contributed by atoms with Crippen molar-refractivity contribution in [1.29, 1.82) is 0 Å². The Morgan fingerprint density at radius 3 is 2.50 bits per heavy atom. The summed E-state index contributed by atoms with van der Waals surface area (Å²) in [4.78, 5) is 0. The Kier molecular flexibility index (Phi) is 8.01. The molecule has 0 aromatic carbocycles. The van der Waals surface area contributed by atoms with Crippen LogP contribution in [0.15, 0.2) is 25.3 Å². The van der Waals surface area contributed by atoms with E-state index in [0.717, 1.165) is 0 Å². The molecule has 0 rings (SSSR count). The molecule has 1 N–H and O–H groups in total. The maximum Gasteiger partial charge on any atom is 0.157 e. The van der Waals surface area contributed by atoms with Gasteiger partial charge in [0, 0.05) is 6.42 Å². The van der Waals surface area contributed by atoms with Gasteiger partial charge in [0.1, 0.15) is 0 Å². The number of aliphatic hydroxyl groups is 1. The van der Waals surface area contributed by atoms with Crippen molar-refractivity contribution in [1.82, 2.24) is 0 Å². The minimum Gasteiger partial charge on any atom is -0.377 e. The van der Waals surface area contributed by atoms with Crippen LogP contribution < -0.4 is 0 Å². The third-order valence-corrected chi connectivity index (χ3v) is 1.15. The molecule has 0 aliphatic carbocycles. The molecule has 1 atom stereocenters. The Hall–Kier alpha value is -0.640. The first-order valence-electron chi connectivity index (χ1n) is 3.90. The van der Waals surface area contributed by atoms with Gasteiger partial charge >= 0.3 is 0 Å². The van der Waals surface area contributed by atoms with E-state index in [1.54, 1.807) is 12.2 Å². The van der Waals surface area contributed by atoms with E-state index in [9.17, 15) is 0 Å². The highest BCUT2D eigenvalue weighted by Crippen LogP contribution is 1.94. The summed E-state index contributed by atoms with van der Waals surface area (Å²) in [6.45, 7) is 8.31. The maximum atomic E-state index is 9.10. The third-order valence-electron chi connectivity index (χ3n) is 1.15. The molecular weight excluding hydrogens is 156 g/mol. The number of hydrogen-bond acceptors (Lipinski definition) is 3. The van der Waals surface area contributed by atoms with Crippen LogP contribution in [0.25, 0.3) is 0 Å². The number of rotatable bonds is 8. The van der Waals surface area contributed by atoms with Gasteiger partial charge in [-0.2, -0.15) is 0 Å². The smallest absolute Gasteiger partial charge is 0.157 e. The largest absolute Gasteiger partial charge is 0.377 e. The highest BCUT2D eigenvalue weighted by atomic mass is 16.6. The fourth-order valence-electron chi connectivity index (χ4n) is 0.613. The lowest BCUT2D eigenvalue weighted by Gasteiger charge is -2.09. The van der Waals surface area contributed by atoms with Crippen LogP contribution in [0, 0.1) is 0 Å². The van der Waals surface area contributed by atoms with Crippen molar-refractivity contribution >= 4 is 0 Å². The predicted molar refractivity (Wildman–Crippen MR) is 47.8 cm³/mol. The number of hydrogen-bond donors (Lipinski definition) is 1. The van der Waals surface area contributed by atoms with Crippen LogP contribution >= 0.6 is 0 Å². The quantitative estimate of drug-likeness (QED) is 0.338. The van der Waals surface area contributed by atoms with Gasteiger partial charge in [0.25, 0.3) is 0 Å². The Morgan fingerprint density at radius 2 is 1.92 bits per heavy atom. The Labute approximate surface area is 73.3 Å². The van der Waals surface area contributed by atoms with Crippen LogP contribution in [0.5, 0.6) is 0 Å². The molecule has 0 fully saturated rings. The molecule has 0 spiro atoms. The molecule has 1 unspecified atom stereocenters. The van der Waals surface area contributed by atoms with Gasteiger partial charge in [-0.3, -0.25) is 0 Å². The topological polar surface area (TPSA) is 38.7 Å². The molecule has 70 valence electrons. The standard InChI is InChI=1S/C9H16O3/c1-3-6-11-8-5-9(10)12-7-4-2/h3-4,9-10H,1-2,5-8H2.